The van der Waals surface area contributed by atoms with Gasteiger partial charge in [-0.15, -0.1) is 0 Å². The van der Waals surface area contributed by atoms with Crippen LogP contribution in [0, 0.1) is 0 Å². The molecule has 2 rings (SSSR count). The number of nitrogens with zero attached hydrogens (tertiary/aromatic N) is 2. The standard InChI is InChI=1S/C17H18F2N2O3/c1-12(23)16-17(24)21(7-6-20(16)5-2-8-22)11-13-3-4-14(18)10-15(19)9-13/h2-5,8-9,23H,6-7,10-11H2,1H3/b5-2+,16-12+. The average molecular weight is 336 g/mol. The summed E-state index contributed by atoms with van der Waals surface area (Å²) < 4.78 is 26.8. The van der Waals surface area contributed by atoms with Crippen LogP contribution in [-0.4, -0.2) is 46.7 Å². The van der Waals surface area contributed by atoms with Crippen LogP contribution in [0.4, 0.5) is 8.78 Å². The molecule has 0 radical (unpaired) electrons. The molecule has 1 aliphatic carbocycles. The van der Waals surface area contributed by atoms with E-state index >= 15 is 0 Å². The molecule has 0 aromatic rings. The number of allylic oxidation sites excluding steroid dienone is 6. The lowest BCUT2D eigenvalue weighted by Gasteiger charge is -2.35. The summed E-state index contributed by atoms with van der Waals surface area (Å²) in [6, 6.07) is 0. The molecule has 0 aromatic heterocycles. The van der Waals surface area contributed by atoms with Crippen molar-refractivity contribution in [3.63, 3.8) is 0 Å². The summed E-state index contributed by atoms with van der Waals surface area (Å²) in [7, 11) is 0. The Morgan fingerprint density at radius 3 is 2.71 bits per heavy atom. The Morgan fingerprint density at radius 2 is 2.04 bits per heavy atom. The first-order valence-corrected chi connectivity index (χ1v) is 7.41. The second-order valence-corrected chi connectivity index (χ2v) is 5.45. The van der Waals surface area contributed by atoms with Gasteiger partial charge in [-0.25, -0.2) is 8.78 Å². The van der Waals surface area contributed by atoms with Gasteiger partial charge in [0.1, 0.15) is 29.4 Å². The Labute approximate surface area is 138 Å². The number of aliphatic hydroxyl groups excluding tert-OH is 1. The number of rotatable bonds is 4. The van der Waals surface area contributed by atoms with Crippen molar-refractivity contribution in [2.75, 3.05) is 19.6 Å². The van der Waals surface area contributed by atoms with Crippen LogP contribution in [0.3, 0.4) is 0 Å². The van der Waals surface area contributed by atoms with Crippen molar-refractivity contribution in [3.05, 3.63) is 59.2 Å². The van der Waals surface area contributed by atoms with Crippen LogP contribution in [0.5, 0.6) is 0 Å². The van der Waals surface area contributed by atoms with Gasteiger partial charge in [0.15, 0.2) is 0 Å². The van der Waals surface area contributed by atoms with E-state index in [0.29, 0.717) is 24.9 Å². The Bertz CT molecular complexity index is 686. The van der Waals surface area contributed by atoms with Crippen LogP contribution in [0.2, 0.25) is 0 Å². The monoisotopic (exact) mass is 336 g/mol. The highest BCUT2D eigenvalue weighted by Crippen LogP contribution is 2.23. The molecule has 1 N–H and O–H groups in total. The van der Waals surface area contributed by atoms with E-state index in [-0.39, 0.29) is 24.4 Å². The first-order chi connectivity index (χ1) is 11.4. The van der Waals surface area contributed by atoms with E-state index in [1.54, 1.807) is 0 Å². The topological polar surface area (TPSA) is 60.9 Å². The maximum atomic E-state index is 13.5. The first kappa shape index (κ1) is 17.7. The number of hydrogen-bond donors (Lipinski definition) is 1. The van der Waals surface area contributed by atoms with Gasteiger partial charge in [0.05, 0.1) is 6.42 Å². The van der Waals surface area contributed by atoms with Gasteiger partial charge in [0.2, 0.25) is 0 Å². The van der Waals surface area contributed by atoms with Gasteiger partial charge in [-0.3, -0.25) is 9.59 Å². The minimum Gasteiger partial charge on any atom is -0.510 e. The van der Waals surface area contributed by atoms with E-state index in [0.717, 1.165) is 0 Å². The Kier molecular flexibility index (Phi) is 5.68. The molecule has 0 unspecified atom stereocenters. The van der Waals surface area contributed by atoms with Gasteiger partial charge in [-0.05, 0) is 30.7 Å². The summed E-state index contributed by atoms with van der Waals surface area (Å²) in [5.74, 6) is -1.81. The molecule has 0 atom stereocenters. The summed E-state index contributed by atoms with van der Waals surface area (Å²) in [6.07, 6.45) is 6.66. The molecule has 1 saturated heterocycles. The number of carbonyl (C=O) groups is 2. The average Bonchev–Trinajstić information content (AvgIpc) is 2.67. The van der Waals surface area contributed by atoms with Crippen molar-refractivity contribution in [2.24, 2.45) is 0 Å². The second-order valence-electron chi connectivity index (χ2n) is 5.45. The minimum absolute atomic E-state index is 0.0553. The van der Waals surface area contributed by atoms with Crippen LogP contribution in [0.15, 0.2) is 59.2 Å². The Balaban J connectivity index is 2.21. The third-order valence-electron chi connectivity index (χ3n) is 3.61. The fourth-order valence-corrected chi connectivity index (χ4v) is 2.55. The number of halogens is 2. The maximum Gasteiger partial charge on any atom is 0.274 e. The van der Waals surface area contributed by atoms with Gasteiger partial charge in [0, 0.05) is 25.8 Å². The SMILES string of the molecule is C/C(O)=C1/C(=O)N(CC2=CC=C(F)CC(F)=C2)CCN1/C=C/C=O. The normalized spacial score (nSPS) is 21.3. The lowest BCUT2D eigenvalue weighted by atomic mass is 10.1. The van der Waals surface area contributed by atoms with Gasteiger partial charge in [0.25, 0.3) is 5.91 Å². The van der Waals surface area contributed by atoms with Crippen LogP contribution in [-0.2, 0) is 9.59 Å². The zero-order valence-electron chi connectivity index (χ0n) is 13.2. The van der Waals surface area contributed by atoms with Crippen LogP contribution in [0.25, 0.3) is 0 Å². The van der Waals surface area contributed by atoms with E-state index in [1.807, 2.05) is 0 Å². The Hall–Kier alpha value is -2.70. The molecule has 5 nitrogen and oxygen atoms in total. The fraction of sp³-hybridized carbons (Fsp3) is 0.294. The third kappa shape index (κ3) is 4.18. The van der Waals surface area contributed by atoms with Gasteiger partial charge >= 0.3 is 0 Å². The molecule has 0 spiro atoms. The predicted octanol–water partition coefficient (Wildman–Crippen LogP) is 2.67. The maximum absolute atomic E-state index is 13.5. The van der Waals surface area contributed by atoms with Gasteiger partial charge < -0.3 is 14.9 Å². The number of amides is 1. The molecule has 1 fully saturated rings. The molecular weight excluding hydrogens is 318 g/mol. The van der Waals surface area contributed by atoms with Crippen molar-refractivity contribution in [2.45, 2.75) is 13.3 Å². The number of piperazine rings is 1. The highest BCUT2D eigenvalue weighted by Gasteiger charge is 2.30. The van der Waals surface area contributed by atoms with Crippen molar-refractivity contribution >= 4 is 12.2 Å². The van der Waals surface area contributed by atoms with Crippen LogP contribution >= 0.6 is 0 Å². The van der Waals surface area contributed by atoms with Crippen molar-refractivity contribution in [1.29, 1.82) is 0 Å². The highest BCUT2D eigenvalue weighted by molar-refractivity contribution is 5.94. The zero-order valence-corrected chi connectivity index (χ0v) is 13.2. The number of aldehydes is 1. The van der Waals surface area contributed by atoms with E-state index in [1.165, 1.54) is 47.2 Å². The first-order valence-electron chi connectivity index (χ1n) is 7.41. The van der Waals surface area contributed by atoms with Crippen molar-refractivity contribution in [3.8, 4) is 0 Å². The minimum atomic E-state index is -0.610. The molecule has 1 amide bonds. The summed E-state index contributed by atoms with van der Waals surface area (Å²) in [6.45, 7) is 2.16. The van der Waals surface area contributed by atoms with Gasteiger partial charge in [-0.2, -0.15) is 0 Å². The van der Waals surface area contributed by atoms with E-state index < -0.39 is 17.6 Å². The zero-order chi connectivity index (χ0) is 17.7. The molecule has 24 heavy (non-hydrogen) atoms. The van der Waals surface area contributed by atoms with Gasteiger partial charge in [-0.1, -0.05) is 6.08 Å². The molecule has 0 aromatic carbocycles. The number of carbonyl (C=O) groups excluding carboxylic acids is 2. The highest BCUT2D eigenvalue weighted by atomic mass is 19.1. The molecule has 0 saturated carbocycles. The molecule has 128 valence electrons. The second kappa shape index (κ2) is 7.72. The molecule has 1 heterocycles. The number of aliphatic hydroxyl groups is 1. The fourth-order valence-electron chi connectivity index (χ4n) is 2.55. The molecule has 2 aliphatic rings. The smallest absolute Gasteiger partial charge is 0.274 e. The lowest BCUT2D eigenvalue weighted by Crippen LogP contribution is -2.47. The third-order valence-corrected chi connectivity index (χ3v) is 3.61. The molecular formula is C17H18F2N2O3. The summed E-state index contributed by atoms with van der Waals surface area (Å²) in [4.78, 5) is 25.9. The summed E-state index contributed by atoms with van der Waals surface area (Å²) in [5, 5.41) is 9.79. The van der Waals surface area contributed by atoms with E-state index in [2.05, 4.69) is 0 Å². The number of hydrogen-bond acceptors (Lipinski definition) is 4. The lowest BCUT2D eigenvalue weighted by molar-refractivity contribution is -0.130. The largest absolute Gasteiger partial charge is 0.510 e. The summed E-state index contributed by atoms with van der Waals surface area (Å²) >= 11 is 0. The Morgan fingerprint density at radius 1 is 1.29 bits per heavy atom. The van der Waals surface area contributed by atoms with Crippen molar-refractivity contribution in [1.82, 2.24) is 9.80 Å². The summed E-state index contributed by atoms with van der Waals surface area (Å²) in [5.41, 5.74) is 0.514. The molecule has 0 bridgehead atoms. The van der Waals surface area contributed by atoms with Crippen molar-refractivity contribution < 1.29 is 23.5 Å². The van der Waals surface area contributed by atoms with Crippen LogP contribution < -0.4 is 0 Å². The molecule has 1 aliphatic heterocycles. The van der Waals surface area contributed by atoms with E-state index in [4.69, 9.17) is 0 Å². The molecule has 7 heteroatoms. The predicted molar refractivity (Wildman–Crippen MR) is 84.9 cm³/mol. The quantitative estimate of drug-likeness (QED) is 0.487. The van der Waals surface area contributed by atoms with Crippen LogP contribution in [0.1, 0.15) is 13.3 Å². The van der Waals surface area contributed by atoms with E-state index in [9.17, 15) is 23.5 Å².